The van der Waals surface area contributed by atoms with Crippen molar-refractivity contribution in [3.05, 3.63) is 36.2 Å². The second kappa shape index (κ2) is 6.54. The van der Waals surface area contributed by atoms with E-state index < -0.39 is 0 Å². The minimum absolute atomic E-state index is 0.0450. The van der Waals surface area contributed by atoms with Crippen LogP contribution in [0.3, 0.4) is 0 Å². The lowest BCUT2D eigenvalue weighted by Gasteiger charge is -2.12. The summed E-state index contributed by atoms with van der Waals surface area (Å²) in [4.78, 5) is 0. The van der Waals surface area contributed by atoms with Crippen molar-refractivity contribution in [2.75, 3.05) is 20.3 Å². The molecule has 0 radical (unpaired) electrons. The van der Waals surface area contributed by atoms with Crippen LogP contribution in [0.4, 0.5) is 0 Å². The van der Waals surface area contributed by atoms with E-state index in [1.807, 2.05) is 38.5 Å². The van der Waals surface area contributed by atoms with Gasteiger partial charge in [-0.25, -0.2) is 0 Å². The summed E-state index contributed by atoms with van der Waals surface area (Å²) < 4.78 is 12.5. The fourth-order valence-electron chi connectivity index (χ4n) is 1.95. The zero-order valence-electron chi connectivity index (χ0n) is 12.2. The summed E-state index contributed by atoms with van der Waals surface area (Å²) in [5.41, 5.74) is 9.13. The van der Waals surface area contributed by atoms with Crippen molar-refractivity contribution in [2.24, 2.45) is 12.8 Å². The van der Waals surface area contributed by atoms with E-state index in [4.69, 9.17) is 15.2 Å². The van der Waals surface area contributed by atoms with Crippen LogP contribution in [-0.2, 0) is 11.8 Å². The largest absolute Gasteiger partial charge is 0.491 e. The van der Waals surface area contributed by atoms with Gasteiger partial charge in [-0.2, -0.15) is 5.10 Å². The topological polar surface area (TPSA) is 62.3 Å². The van der Waals surface area contributed by atoms with E-state index in [0.29, 0.717) is 13.2 Å². The van der Waals surface area contributed by atoms with Gasteiger partial charge in [-0.15, -0.1) is 0 Å². The summed E-state index contributed by atoms with van der Waals surface area (Å²) in [6.07, 6.45) is 3.80. The number of nitrogens with two attached hydrogens (primary N) is 1. The molecule has 0 saturated carbocycles. The molecule has 5 nitrogen and oxygen atoms in total. The minimum Gasteiger partial charge on any atom is -0.491 e. The number of ether oxygens (including phenoxy) is 2. The number of benzene rings is 1. The lowest BCUT2D eigenvalue weighted by Crippen LogP contribution is -2.07. The van der Waals surface area contributed by atoms with Gasteiger partial charge in [0.2, 0.25) is 0 Å². The van der Waals surface area contributed by atoms with Gasteiger partial charge in [0.05, 0.1) is 12.8 Å². The molecule has 0 saturated heterocycles. The highest BCUT2D eigenvalue weighted by atomic mass is 16.5. The Kier molecular flexibility index (Phi) is 4.76. The third kappa shape index (κ3) is 3.59. The maximum Gasteiger partial charge on any atom is 0.120 e. The highest BCUT2D eigenvalue weighted by molar-refractivity contribution is 5.65. The number of hydrogen-bond donors (Lipinski definition) is 1. The Morgan fingerprint density at radius 3 is 2.65 bits per heavy atom. The van der Waals surface area contributed by atoms with Crippen molar-refractivity contribution in [2.45, 2.75) is 13.0 Å². The van der Waals surface area contributed by atoms with Gasteiger partial charge in [0.25, 0.3) is 0 Å². The van der Waals surface area contributed by atoms with Crippen LogP contribution in [0.25, 0.3) is 11.1 Å². The molecule has 1 aromatic carbocycles. The van der Waals surface area contributed by atoms with Crippen LogP contribution in [0.1, 0.15) is 18.5 Å². The van der Waals surface area contributed by atoms with Crippen molar-refractivity contribution in [1.29, 1.82) is 0 Å². The molecular weight excluding hydrogens is 254 g/mol. The highest BCUT2D eigenvalue weighted by Crippen LogP contribution is 2.28. The first-order valence-electron chi connectivity index (χ1n) is 6.61. The summed E-state index contributed by atoms with van der Waals surface area (Å²) in [5, 5.41) is 4.20. The number of aryl methyl sites for hydroxylation is 1. The number of aromatic nitrogens is 2. The Morgan fingerprint density at radius 2 is 2.05 bits per heavy atom. The van der Waals surface area contributed by atoms with E-state index in [1.165, 1.54) is 0 Å². The zero-order valence-corrected chi connectivity index (χ0v) is 12.2. The molecule has 2 N–H and O–H groups in total. The van der Waals surface area contributed by atoms with Crippen molar-refractivity contribution in [3.63, 3.8) is 0 Å². The average molecular weight is 275 g/mol. The van der Waals surface area contributed by atoms with E-state index >= 15 is 0 Å². The van der Waals surface area contributed by atoms with Crippen LogP contribution in [-0.4, -0.2) is 30.1 Å². The van der Waals surface area contributed by atoms with Gasteiger partial charge in [0, 0.05) is 32.0 Å². The van der Waals surface area contributed by atoms with E-state index in [1.54, 1.807) is 11.8 Å². The third-order valence-corrected chi connectivity index (χ3v) is 3.05. The van der Waals surface area contributed by atoms with Crippen molar-refractivity contribution in [3.8, 4) is 16.9 Å². The third-order valence-electron chi connectivity index (χ3n) is 3.05. The molecule has 5 heteroatoms. The zero-order chi connectivity index (χ0) is 14.5. The van der Waals surface area contributed by atoms with Crippen molar-refractivity contribution < 1.29 is 9.47 Å². The second-order valence-corrected chi connectivity index (χ2v) is 4.82. The molecular formula is C15H21N3O2. The van der Waals surface area contributed by atoms with E-state index in [-0.39, 0.29) is 6.04 Å². The molecule has 0 aliphatic rings. The molecule has 0 bridgehead atoms. The number of rotatable bonds is 6. The molecule has 0 spiro atoms. The molecule has 0 aliphatic carbocycles. The lowest BCUT2D eigenvalue weighted by atomic mass is 10.0. The first kappa shape index (κ1) is 14.6. The number of nitrogens with zero attached hydrogens (tertiary/aromatic N) is 2. The van der Waals surface area contributed by atoms with Crippen molar-refractivity contribution in [1.82, 2.24) is 9.78 Å². The van der Waals surface area contributed by atoms with Crippen LogP contribution in [0.2, 0.25) is 0 Å². The van der Waals surface area contributed by atoms with Crippen LogP contribution < -0.4 is 10.5 Å². The molecule has 0 amide bonds. The molecule has 2 rings (SSSR count). The van der Waals surface area contributed by atoms with E-state index in [2.05, 4.69) is 11.2 Å². The molecule has 0 fully saturated rings. The van der Waals surface area contributed by atoms with Crippen LogP contribution >= 0.6 is 0 Å². The first-order valence-corrected chi connectivity index (χ1v) is 6.61. The van der Waals surface area contributed by atoms with Gasteiger partial charge in [0.1, 0.15) is 12.4 Å². The normalized spacial score (nSPS) is 12.4. The van der Waals surface area contributed by atoms with Gasteiger partial charge < -0.3 is 15.2 Å². The van der Waals surface area contributed by atoms with Crippen molar-refractivity contribution >= 4 is 0 Å². The highest BCUT2D eigenvalue weighted by Gasteiger charge is 2.08. The van der Waals surface area contributed by atoms with Gasteiger partial charge in [-0.1, -0.05) is 0 Å². The summed E-state index contributed by atoms with van der Waals surface area (Å²) in [6.45, 7) is 3.04. The average Bonchev–Trinajstić information content (AvgIpc) is 2.85. The van der Waals surface area contributed by atoms with Crippen LogP contribution in [0.5, 0.6) is 5.75 Å². The Morgan fingerprint density at radius 1 is 1.25 bits per heavy atom. The van der Waals surface area contributed by atoms with Gasteiger partial charge in [-0.05, 0) is 36.2 Å². The Balaban J connectivity index is 2.30. The Bertz CT molecular complexity index is 564. The Labute approximate surface area is 119 Å². The summed E-state index contributed by atoms with van der Waals surface area (Å²) in [6, 6.07) is 6.00. The van der Waals surface area contributed by atoms with Gasteiger partial charge in [-0.3, -0.25) is 4.68 Å². The molecule has 108 valence electrons. The molecule has 1 atom stereocenters. The second-order valence-electron chi connectivity index (χ2n) is 4.82. The van der Waals surface area contributed by atoms with Gasteiger partial charge >= 0.3 is 0 Å². The van der Waals surface area contributed by atoms with E-state index in [0.717, 1.165) is 22.4 Å². The monoisotopic (exact) mass is 275 g/mol. The predicted octanol–water partition coefficient (Wildman–Crippen LogP) is 2.13. The molecule has 0 unspecified atom stereocenters. The SMILES string of the molecule is COCCOc1cc(-c2cnn(C)c2)cc([C@@H](C)N)c1. The summed E-state index contributed by atoms with van der Waals surface area (Å²) in [7, 11) is 3.55. The fourth-order valence-corrected chi connectivity index (χ4v) is 1.95. The minimum atomic E-state index is -0.0450. The predicted molar refractivity (Wildman–Crippen MR) is 78.6 cm³/mol. The van der Waals surface area contributed by atoms with Crippen LogP contribution in [0.15, 0.2) is 30.6 Å². The standard InChI is InChI=1S/C15H21N3O2/c1-11(16)12-6-13(14-9-17-18(2)10-14)8-15(7-12)20-5-4-19-3/h6-11H,4-5,16H2,1-3H3/t11-/m1/s1. The maximum absolute atomic E-state index is 5.99. The number of methoxy groups -OCH3 is 1. The molecule has 1 heterocycles. The lowest BCUT2D eigenvalue weighted by molar-refractivity contribution is 0.146. The smallest absolute Gasteiger partial charge is 0.120 e. The molecule has 0 aliphatic heterocycles. The van der Waals surface area contributed by atoms with E-state index in [9.17, 15) is 0 Å². The fraction of sp³-hybridized carbons (Fsp3) is 0.400. The quantitative estimate of drug-likeness (QED) is 0.820. The van der Waals surface area contributed by atoms with Gasteiger partial charge in [0.15, 0.2) is 0 Å². The summed E-state index contributed by atoms with van der Waals surface area (Å²) >= 11 is 0. The molecule has 1 aromatic heterocycles. The molecule has 2 aromatic rings. The van der Waals surface area contributed by atoms with Crippen LogP contribution in [0, 0.1) is 0 Å². The maximum atomic E-state index is 5.99. The number of hydrogen-bond acceptors (Lipinski definition) is 4. The first-order chi connectivity index (χ1) is 9.60. The molecule has 20 heavy (non-hydrogen) atoms. The summed E-state index contributed by atoms with van der Waals surface area (Å²) in [5.74, 6) is 0.802. The Hall–Kier alpha value is -1.85.